The number of nitrogens with two attached hydrogens (primary N) is 1. The molecule has 0 fully saturated rings. The second-order valence-corrected chi connectivity index (χ2v) is 4.14. The topological polar surface area (TPSA) is 124 Å². The molecule has 9 heteroatoms. The molecular weight excluding hydrogens is 286 g/mol. The minimum absolute atomic E-state index is 0.101. The van der Waals surface area contributed by atoms with E-state index < -0.39 is 10.8 Å². The van der Waals surface area contributed by atoms with Gasteiger partial charge in [0.1, 0.15) is 17.8 Å². The maximum Gasteiger partial charge on any atom is 0.288 e. The molecule has 102 valence electrons. The van der Waals surface area contributed by atoms with Crippen LogP contribution >= 0.6 is 11.6 Å². The molecule has 0 aliphatic heterocycles. The van der Waals surface area contributed by atoms with Gasteiger partial charge in [-0.3, -0.25) is 14.9 Å². The number of nitro groups is 1. The molecule has 0 saturated heterocycles. The SMILES string of the molecule is Nc1ncc([N+](=O)[O-])cc1C(=O)Nc1ccc(Cl)cn1. The molecule has 2 heterocycles. The van der Waals surface area contributed by atoms with Gasteiger partial charge < -0.3 is 11.1 Å². The van der Waals surface area contributed by atoms with Gasteiger partial charge in [-0.25, -0.2) is 9.97 Å². The van der Waals surface area contributed by atoms with Gasteiger partial charge in [0.2, 0.25) is 0 Å². The van der Waals surface area contributed by atoms with Crippen LogP contribution in [0.4, 0.5) is 17.3 Å². The predicted molar refractivity (Wildman–Crippen MR) is 72.5 cm³/mol. The molecule has 0 aromatic carbocycles. The van der Waals surface area contributed by atoms with E-state index in [4.69, 9.17) is 17.3 Å². The summed E-state index contributed by atoms with van der Waals surface area (Å²) < 4.78 is 0. The van der Waals surface area contributed by atoms with Gasteiger partial charge in [-0.2, -0.15) is 0 Å². The highest BCUT2D eigenvalue weighted by Gasteiger charge is 2.17. The van der Waals surface area contributed by atoms with Crippen molar-refractivity contribution in [3.8, 4) is 0 Å². The van der Waals surface area contributed by atoms with Crippen molar-refractivity contribution in [1.82, 2.24) is 9.97 Å². The fraction of sp³-hybridized carbons (Fsp3) is 0. The van der Waals surface area contributed by atoms with Gasteiger partial charge in [0, 0.05) is 12.3 Å². The molecule has 3 N–H and O–H groups in total. The van der Waals surface area contributed by atoms with E-state index in [0.717, 1.165) is 12.3 Å². The zero-order valence-corrected chi connectivity index (χ0v) is 10.7. The fourth-order valence-electron chi connectivity index (χ4n) is 1.38. The highest BCUT2D eigenvalue weighted by atomic mass is 35.5. The second-order valence-electron chi connectivity index (χ2n) is 3.70. The largest absolute Gasteiger partial charge is 0.383 e. The summed E-state index contributed by atoms with van der Waals surface area (Å²) in [4.78, 5) is 29.4. The Morgan fingerprint density at radius 3 is 2.70 bits per heavy atom. The van der Waals surface area contributed by atoms with E-state index in [1.807, 2.05) is 0 Å². The maximum absolute atomic E-state index is 12.0. The van der Waals surface area contributed by atoms with Crippen molar-refractivity contribution in [3.63, 3.8) is 0 Å². The number of aromatic nitrogens is 2. The molecule has 1 amide bonds. The summed E-state index contributed by atoms with van der Waals surface area (Å²) in [5, 5.41) is 13.5. The van der Waals surface area contributed by atoms with Crippen LogP contribution in [0, 0.1) is 10.1 Å². The van der Waals surface area contributed by atoms with Crippen molar-refractivity contribution >= 4 is 34.8 Å². The first kappa shape index (κ1) is 13.7. The molecule has 0 unspecified atom stereocenters. The highest BCUT2D eigenvalue weighted by Crippen LogP contribution is 2.18. The van der Waals surface area contributed by atoms with Crippen molar-refractivity contribution in [1.29, 1.82) is 0 Å². The minimum atomic E-state index is -0.663. The van der Waals surface area contributed by atoms with E-state index in [0.29, 0.717) is 5.02 Å². The second kappa shape index (κ2) is 5.49. The Balaban J connectivity index is 2.26. The monoisotopic (exact) mass is 293 g/mol. The van der Waals surface area contributed by atoms with E-state index in [1.165, 1.54) is 12.3 Å². The van der Waals surface area contributed by atoms with Crippen LogP contribution in [-0.2, 0) is 0 Å². The summed E-state index contributed by atoms with van der Waals surface area (Å²) >= 11 is 5.67. The molecule has 0 aliphatic rings. The molecule has 0 spiro atoms. The van der Waals surface area contributed by atoms with Crippen LogP contribution in [0.5, 0.6) is 0 Å². The van der Waals surface area contributed by atoms with E-state index >= 15 is 0 Å². The van der Waals surface area contributed by atoms with E-state index in [1.54, 1.807) is 6.07 Å². The number of carbonyl (C=O) groups excluding carboxylic acids is 1. The zero-order valence-electron chi connectivity index (χ0n) is 9.91. The summed E-state index contributed by atoms with van der Waals surface area (Å²) in [7, 11) is 0. The third-order valence-corrected chi connectivity index (χ3v) is 2.55. The number of rotatable bonds is 3. The molecule has 2 aromatic heterocycles. The molecular formula is C11H8ClN5O3. The lowest BCUT2D eigenvalue weighted by Gasteiger charge is -2.06. The summed E-state index contributed by atoms with van der Waals surface area (Å²) in [6.45, 7) is 0. The Morgan fingerprint density at radius 2 is 2.10 bits per heavy atom. The third kappa shape index (κ3) is 2.98. The standard InChI is InChI=1S/C11H8ClN5O3/c12-6-1-2-9(14-4-6)16-11(18)8-3-7(17(19)20)5-15-10(8)13/h1-5H,(H2,13,15)(H,14,16,18). The summed E-state index contributed by atoms with van der Waals surface area (Å²) in [5.41, 5.74) is 5.11. The number of hydrogen-bond acceptors (Lipinski definition) is 6. The van der Waals surface area contributed by atoms with Crippen LogP contribution < -0.4 is 11.1 Å². The first-order chi connectivity index (χ1) is 9.47. The average molecular weight is 294 g/mol. The van der Waals surface area contributed by atoms with Gasteiger partial charge in [-0.15, -0.1) is 0 Å². The molecule has 2 rings (SSSR count). The van der Waals surface area contributed by atoms with Gasteiger partial charge >= 0.3 is 0 Å². The summed E-state index contributed by atoms with van der Waals surface area (Å²) in [6.07, 6.45) is 2.33. The van der Waals surface area contributed by atoms with Crippen molar-refractivity contribution < 1.29 is 9.72 Å². The molecule has 0 bridgehead atoms. The number of hydrogen-bond donors (Lipinski definition) is 2. The van der Waals surface area contributed by atoms with Crippen LogP contribution in [0.15, 0.2) is 30.6 Å². The molecule has 0 radical (unpaired) electrons. The molecule has 0 atom stereocenters. The van der Waals surface area contributed by atoms with Crippen LogP contribution in [0.25, 0.3) is 0 Å². The van der Waals surface area contributed by atoms with Crippen molar-refractivity contribution in [2.45, 2.75) is 0 Å². The minimum Gasteiger partial charge on any atom is -0.383 e. The van der Waals surface area contributed by atoms with Crippen LogP contribution in [0.2, 0.25) is 5.02 Å². The smallest absolute Gasteiger partial charge is 0.288 e. The van der Waals surface area contributed by atoms with E-state index in [2.05, 4.69) is 15.3 Å². The lowest BCUT2D eigenvalue weighted by molar-refractivity contribution is -0.385. The summed E-state index contributed by atoms with van der Waals surface area (Å²) in [5.74, 6) is -0.513. The molecule has 0 saturated carbocycles. The lowest BCUT2D eigenvalue weighted by Crippen LogP contribution is -2.16. The number of pyridine rings is 2. The Bertz CT molecular complexity index is 674. The zero-order chi connectivity index (χ0) is 14.7. The Kier molecular flexibility index (Phi) is 3.76. The van der Waals surface area contributed by atoms with Crippen LogP contribution in [-0.4, -0.2) is 20.8 Å². The molecule has 2 aromatic rings. The van der Waals surface area contributed by atoms with Gasteiger partial charge in [0.25, 0.3) is 11.6 Å². The normalized spacial score (nSPS) is 10.1. The number of nitrogen functional groups attached to an aromatic ring is 1. The predicted octanol–water partition coefficient (Wildman–Crippen LogP) is 1.87. The Hall–Kier alpha value is -2.74. The first-order valence-electron chi connectivity index (χ1n) is 5.30. The number of nitrogens with one attached hydrogen (secondary N) is 1. The third-order valence-electron chi connectivity index (χ3n) is 2.33. The lowest BCUT2D eigenvalue weighted by atomic mass is 10.2. The molecule has 20 heavy (non-hydrogen) atoms. The van der Waals surface area contributed by atoms with Crippen molar-refractivity contribution in [2.24, 2.45) is 0 Å². The average Bonchev–Trinajstić information content (AvgIpc) is 2.41. The van der Waals surface area contributed by atoms with Crippen molar-refractivity contribution in [3.05, 3.63) is 51.3 Å². The van der Waals surface area contributed by atoms with Crippen LogP contribution in [0.3, 0.4) is 0 Å². The molecule has 8 nitrogen and oxygen atoms in total. The van der Waals surface area contributed by atoms with E-state index in [-0.39, 0.29) is 22.9 Å². The summed E-state index contributed by atoms with van der Waals surface area (Å²) in [6, 6.07) is 4.08. The number of anilines is 2. The molecule has 0 aliphatic carbocycles. The Morgan fingerprint density at radius 1 is 1.35 bits per heavy atom. The maximum atomic E-state index is 12.0. The fourth-order valence-corrected chi connectivity index (χ4v) is 1.49. The van der Waals surface area contributed by atoms with Crippen molar-refractivity contribution in [2.75, 3.05) is 11.1 Å². The van der Waals surface area contributed by atoms with Gasteiger partial charge in [-0.05, 0) is 12.1 Å². The van der Waals surface area contributed by atoms with Crippen LogP contribution in [0.1, 0.15) is 10.4 Å². The van der Waals surface area contributed by atoms with Gasteiger partial charge in [0.05, 0.1) is 15.5 Å². The number of amides is 1. The quantitative estimate of drug-likeness (QED) is 0.657. The number of nitrogens with zero attached hydrogens (tertiary/aromatic N) is 3. The van der Waals surface area contributed by atoms with Gasteiger partial charge in [-0.1, -0.05) is 11.6 Å². The Labute approximate surface area is 117 Å². The highest BCUT2D eigenvalue weighted by molar-refractivity contribution is 6.30. The number of carbonyl (C=O) groups is 1. The first-order valence-corrected chi connectivity index (χ1v) is 5.68. The number of halogens is 1. The van der Waals surface area contributed by atoms with E-state index in [9.17, 15) is 14.9 Å². The van der Waals surface area contributed by atoms with Gasteiger partial charge in [0.15, 0.2) is 0 Å².